The number of hydrogen-bond donors (Lipinski definition) is 1. The maximum Gasteiger partial charge on any atom is 0.124 e. The lowest BCUT2D eigenvalue weighted by Gasteiger charge is -2.19. The summed E-state index contributed by atoms with van der Waals surface area (Å²) in [6.45, 7) is 2.60. The zero-order chi connectivity index (χ0) is 12.4. The number of rotatable bonds is 3. The van der Waals surface area contributed by atoms with Crippen LogP contribution >= 0.6 is 11.6 Å². The second kappa shape index (κ2) is 5.25. The zero-order valence-corrected chi connectivity index (χ0v) is 10.8. The maximum atomic E-state index is 10.4. The molecule has 0 bridgehead atoms. The molecule has 0 saturated carbocycles. The van der Waals surface area contributed by atoms with Crippen LogP contribution in [0.3, 0.4) is 0 Å². The lowest BCUT2D eigenvalue weighted by Crippen LogP contribution is -2.13. The molecule has 94 valence electrons. The molecule has 1 heterocycles. The van der Waals surface area contributed by atoms with E-state index in [2.05, 4.69) is 0 Å². The first-order valence-electron chi connectivity index (χ1n) is 5.75. The van der Waals surface area contributed by atoms with Crippen molar-refractivity contribution < 1.29 is 14.6 Å². The third-order valence-corrected chi connectivity index (χ3v) is 3.42. The highest BCUT2D eigenvalue weighted by atomic mass is 35.5. The van der Waals surface area contributed by atoms with E-state index >= 15 is 0 Å². The number of ether oxygens (including phenoxy) is 2. The predicted molar refractivity (Wildman–Crippen MR) is 66.5 cm³/mol. The number of hydrogen-bond acceptors (Lipinski definition) is 3. The van der Waals surface area contributed by atoms with Crippen molar-refractivity contribution >= 4 is 11.6 Å². The van der Waals surface area contributed by atoms with Gasteiger partial charge in [0.25, 0.3) is 0 Å². The fourth-order valence-corrected chi connectivity index (χ4v) is 2.44. The van der Waals surface area contributed by atoms with E-state index in [0.29, 0.717) is 17.4 Å². The second-order valence-corrected chi connectivity index (χ2v) is 4.91. The molecule has 0 spiro atoms. The van der Waals surface area contributed by atoms with Gasteiger partial charge in [0.15, 0.2) is 0 Å². The molecule has 2 rings (SSSR count). The van der Waals surface area contributed by atoms with Crippen molar-refractivity contribution in [1.29, 1.82) is 0 Å². The summed E-state index contributed by atoms with van der Waals surface area (Å²) in [6.07, 6.45) is 0.477. The van der Waals surface area contributed by atoms with E-state index in [1.807, 2.05) is 6.92 Å². The Bertz CT molecular complexity index is 394. The summed E-state index contributed by atoms with van der Waals surface area (Å²) in [5.74, 6) is 0.777. The summed E-state index contributed by atoms with van der Waals surface area (Å²) in [4.78, 5) is 0. The molecule has 0 amide bonds. The number of halogens is 1. The van der Waals surface area contributed by atoms with Crippen LogP contribution in [-0.2, 0) is 4.74 Å². The monoisotopic (exact) mass is 256 g/mol. The molecule has 4 heteroatoms. The fraction of sp³-hybridized carbons (Fsp3) is 0.538. The molecule has 3 nitrogen and oxygen atoms in total. The van der Waals surface area contributed by atoms with Gasteiger partial charge >= 0.3 is 0 Å². The first-order valence-corrected chi connectivity index (χ1v) is 6.12. The lowest BCUT2D eigenvalue weighted by molar-refractivity contribution is 0.0790. The van der Waals surface area contributed by atoms with Crippen molar-refractivity contribution in [2.24, 2.45) is 5.92 Å². The number of aliphatic hydroxyl groups is 1. The highest BCUT2D eigenvalue weighted by Gasteiger charge is 2.30. The summed E-state index contributed by atoms with van der Waals surface area (Å²) in [6, 6.07) is 5.29. The SMILES string of the molecule is COc1ccc(Cl)cc1C(O)C1COC(C)C1. The van der Waals surface area contributed by atoms with Crippen molar-refractivity contribution in [2.75, 3.05) is 13.7 Å². The quantitative estimate of drug-likeness (QED) is 0.904. The summed E-state index contributed by atoms with van der Waals surface area (Å²) in [5, 5.41) is 11.0. The molecule has 0 aromatic heterocycles. The van der Waals surface area contributed by atoms with Crippen LogP contribution in [0.25, 0.3) is 0 Å². The third-order valence-electron chi connectivity index (χ3n) is 3.19. The minimum Gasteiger partial charge on any atom is -0.496 e. The van der Waals surface area contributed by atoms with Gasteiger partial charge in [0.05, 0.1) is 25.9 Å². The van der Waals surface area contributed by atoms with Crippen molar-refractivity contribution in [1.82, 2.24) is 0 Å². The van der Waals surface area contributed by atoms with Gasteiger partial charge in [-0.3, -0.25) is 0 Å². The zero-order valence-electron chi connectivity index (χ0n) is 10.0. The van der Waals surface area contributed by atoms with Gasteiger partial charge in [-0.05, 0) is 31.5 Å². The van der Waals surface area contributed by atoms with Crippen molar-refractivity contribution in [3.05, 3.63) is 28.8 Å². The average molecular weight is 257 g/mol. The molecular formula is C13H17ClO3. The van der Waals surface area contributed by atoms with Gasteiger partial charge in [0.2, 0.25) is 0 Å². The van der Waals surface area contributed by atoms with Crippen molar-refractivity contribution in [3.8, 4) is 5.75 Å². The van der Waals surface area contributed by atoms with Crippen LogP contribution in [0, 0.1) is 5.92 Å². The highest BCUT2D eigenvalue weighted by molar-refractivity contribution is 6.30. The topological polar surface area (TPSA) is 38.7 Å². The van der Waals surface area contributed by atoms with E-state index in [1.165, 1.54) is 0 Å². The Balaban J connectivity index is 2.23. The predicted octanol–water partition coefficient (Wildman–Crippen LogP) is 2.81. The van der Waals surface area contributed by atoms with Gasteiger partial charge in [0.1, 0.15) is 5.75 Å². The van der Waals surface area contributed by atoms with E-state index < -0.39 is 6.10 Å². The van der Waals surface area contributed by atoms with Gasteiger partial charge in [-0.1, -0.05) is 11.6 Å². The number of methoxy groups -OCH3 is 1. The van der Waals surface area contributed by atoms with Crippen LogP contribution in [-0.4, -0.2) is 24.9 Å². The van der Waals surface area contributed by atoms with Crippen LogP contribution in [0.4, 0.5) is 0 Å². The average Bonchev–Trinajstić information content (AvgIpc) is 2.75. The standard InChI is InChI=1S/C13H17ClO3/c1-8-5-9(7-17-8)13(15)11-6-10(14)3-4-12(11)16-2/h3-4,6,8-9,13,15H,5,7H2,1-2H3. The molecule has 1 aliphatic rings. The Labute approximate surface area is 106 Å². The largest absolute Gasteiger partial charge is 0.496 e. The van der Waals surface area contributed by atoms with Gasteiger partial charge in [-0.2, -0.15) is 0 Å². The molecule has 1 saturated heterocycles. The first-order chi connectivity index (χ1) is 8.11. The van der Waals surface area contributed by atoms with E-state index in [9.17, 15) is 5.11 Å². The van der Waals surface area contributed by atoms with Crippen LogP contribution < -0.4 is 4.74 Å². The number of aliphatic hydroxyl groups excluding tert-OH is 1. The molecule has 17 heavy (non-hydrogen) atoms. The number of benzene rings is 1. The smallest absolute Gasteiger partial charge is 0.124 e. The van der Waals surface area contributed by atoms with Crippen LogP contribution in [0.2, 0.25) is 5.02 Å². The summed E-state index contributed by atoms with van der Waals surface area (Å²) >= 11 is 5.96. The fourth-order valence-electron chi connectivity index (χ4n) is 2.26. The summed E-state index contributed by atoms with van der Waals surface area (Å²) in [5.41, 5.74) is 0.739. The maximum absolute atomic E-state index is 10.4. The Morgan fingerprint density at radius 2 is 2.29 bits per heavy atom. The highest BCUT2D eigenvalue weighted by Crippen LogP contribution is 2.36. The first kappa shape index (κ1) is 12.7. The van der Waals surface area contributed by atoms with E-state index in [0.717, 1.165) is 12.0 Å². The Morgan fingerprint density at radius 1 is 1.53 bits per heavy atom. The van der Waals surface area contributed by atoms with Crippen molar-refractivity contribution in [2.45, 2.75) is 25.6 Å². The molecule has 1 N–H and O–H groups in total. The summed E-state index contributed by atoms with van der Waals surface area (Å²) in [7, 11) is 1.59. The van der Waals surface area contributed by atoms with Gasteiger partial charge in [-0.15, -0.1) is 0 Å². The second-order valence-electron chi connectivity index (χ2n) is 4.47. The van der Waals surface area contributed by atoms with Gasteiger partial charge in [-0.25, -0.2) is 0 Å². The van der Waals surface area contributed by atoms with Gasteiger partial charge < -0.3 is 14.6 Å². The Kier molecular flexibility index (Phi) is 3.92. The Hall–Kier alpha value is -0.770. The third kappa shape index (κ3) is 2.73. The molecular weight excluding hydrogens is 240 g/mol. The van der Waals surface area contributed by atoms with E-state index in [1.54, 1.807) is 25.3 Å². The van der Waals surface area contributed by atoms with Crippen LogP contribution in [0.15, 0.2) is 18.2 Å². The minimum atomic E-state index is -0.589. The molecule has 0 radical (unpaired) electrons. The molecule has 3 atom stereocenters. The summed E-state index contributed by atoms with van der Waals surface area (Å²) < 4.78 is 10.7. The molecule has 3 unspecified atom stereocenters. The van der Waals surface area contributed by atoms with E-state index in [-0.39, 0.29) is 12.0 Å². The normalized spacial score (nSPS) is 25.9. The molecule has 1 fully saturated rings. The Morgan fingerprint density at radius 3 is 2.88 bits per heavy atom. The van der Waals surface area contributed by atoms with Crippen LogP contribution in [0.5, 0.6) is 5.75 Å². The minimum absolute atomic E-state index is 0.109. The van der Waals surface area contributed by atoms with Gasteiger partial charge in [0, 0.05) is 16.5 Å². The van der Waals surface area contributed by atoms with Crippen molar-refractivity contribution in [3.63, 3.8) is 0 Å². The molecule has 1 aliphatic heterocycles. The molecule has 1 aromatic rings. The van der Waals surface area contributed by atoms with E-state index in [4.69, 9.17) is 21.1 Å². The lowest BCUT2D eigenvalue weighted by atomic mass is 9.93. The molecule has 0 aliphatic carbocycles. The van der Waals surface area contributed by atoms with Crippen LogP contribution in [0.1, 0.15) is 25.0 Å². The molecule has 1 aromatic carbocycles.